The van der Waals surface area contributed by atoms with Gasteiger partial charge in [-0.25, -0.2) is 0 Å². The van der Waals surface area contributed by atoms with Crippen molar-refractivity contribution in [1.29, 1.82) is 0 Å². The Morgan fingerprint density at radius 2 is 2.12 bits per heavy atom. The fourth-order valence-electron chi connectivity index (χ4n) is 1.66. The van der Waals surface area contributed by atoms with Gasteiger partial charge in [0.1, 0.15) is 5.75 Å². The van der Waals surface area contributed by atoms with Crippen LogP contribution in [0.25, 0.3) is 0 Å². The zero-order valence-corrected chi connectivity index (χ0v) is 11.0. The molecule has 96 valence electrons. The number of hydrogen-bond acceptors (Lipinski definition) is 4. The lowest BCUT2D eigenvalue weighted by atomic mass is 10.1. The molecule has 0 aliphatic rings. The molecule has 5 heteroatoms. The summed E-state index contributed by atoms with van der Waals surface area (Å²) in [6.45, 7) is 0.674. The predicted molar refractivity (Wildman–Crippen MR) is 67.6 cm³/mol. The maximum atomic E-state index is 10.4. The van der Waals surface area contributed by atoms with Crippen molar-refractivity contribution >= 4 is 11.1 Å². The molecule has 0 heterocycles. The van der Waals surface area contributed by atoms with Crippen molar-refractivity contribution in [3.8, 4) is 5.75 Å². The quantitative estimate of drug-likeness (QED) is 0.778. The largest absolute Gasteiger partial charge is 0.772 e. The van der Waals surface area contributed by atoms with Gasteiger partial charge in [-0.05, 0) is 38.6 Å². The van der Waals surface area contributed by atoms with E-state index in [2.05, 4.69) is 0 Å². The maximum Gasteiger partial charge on any atom is 0.120 e. The van der Waals surface area contributed by atoms with Gasteiger partial charge >= 0.3 is 0 Å². The number of rotatable bonds is 6. The van der Waals surface area contributed by atoms with Gasteiger partial charge in [0.05, 0.1) is 0 Å². The Morgan fingerprint density at radius 3 is 2.71 bits per heavy atom. The first-order valence-electron chi connectivity index (χ1n) is 5.50. The number of nitrogens with zero attached hydrogens (tertiary/aromatic N) is 1. The summed E-state index contributed by atoms with van der Waals surface area (Å²) in [5, 5.41) is 9.67. The van der Waals surface area contributed by atoms with Crippen LogP contribution in [0.2, 0.25) is 0 Å². The van der Waals surface area contributed by atoms with Crippen LogP contribution >= 0.6 is 0 Å². The summed E-state index contributed by atoms with van der Waals surface area (Å²) in [6.07, 6.45) is 1.33. The Morgan fingerprint density at radius 1 is 1.41 bits per heavy atom. The molecule has 0 saturated carbocycles. The van der Waals surface area contributed by atoms with E-state index in [1.54, 1.807) is 6.07 Å². The monoisotopic (exact) mass is 256 g/mol. The van der Waals surface area contributed by atoms with Crippen molar-refractivity contribution in [2.24, 2.45) is 0 Å². The molecular formula is C12H18NO3S-. The molecule has 1 atom stereocenters. The third-order valence-electron chi connectivity index (χ3n) is 2.41. The molecule has 0 fully saturated rings. The first-order valence-corrected chi connectivity index (χ1v) is 6.75. The van der Waals surface area contributed by atoms with Crippen LogP contribution in [0.1, 0.15) is 17.5 Å². The highest BCUT2D eigenvalue weighted by atomic mass is 32.2. The zero-order valence-electron chi connectivity index (χ0n) is 10.2. The summed E-state index contributed by atoms with van der Waals surface area (Å²) >= 11 is -1.97. The van der Waals surface area contributed by atoms with Gasteiger partial charge in [-0.2, -0.15) is 0 Å². The lowest BCUT2D eigenvalue weighted by Crippen LogP contribution is -2.11. The molecule has 1 unspecified atom stereocenters. The first-order chi connectivity index (χ1) is 7.99. The van der Waals surface area contributed by atoms with E-state index in [0.29, 0.717) is 19.4 Å². The van der Waals surface area contributed by atoms with Gasteiger partial charge < -0.3 is 14.6 Å². The Hall–Kier alpha value is -0.910. The molecular weight excluding hydrogens is 238 g/mol. The number of benzene rings is 1. The van der Waals surface area contributed by atoms with Crippen molar-refractivity contribution in [2.45, 2.75) is 19.4 Å². The van der Waals surface area contributed by atoms with Crippen LogP contribution in [0, 0.1) is 0 Å². The number of hydrogen-bond donors (Lipinski definition) is 1. The van der Waals surface area contributed by atoms with Crippen LogP contribution in [0.5, 0.6) is 5.75 Å². The van der Waals surface area contributed by atoms with Gasteiger partial charge in [0.15, 0.2) is 0 Å². The minimum atomic E-state index is -1.97. The van der Waals surface area contributed by atoms with E-state index >= 15 is 0 Å². The maximum absolute atomic E-state index is 10.4. The van der Waals surface area contributed by atoms with E-state index in [-0.39, 0.29) is 11.5 Å². The molecule has 1 aromatic carbocycles. The molecule has 0 aliphatic carbocycles. The van der Waals surface area contributed by atoms with Crippen molar-refractivity contribution < 1.29 is 13.9 Å². The van der Waals surface area contributed by atoms with E-state index in [1.165, 1.54) is 0 Å². The van der Waals surface area contributed by atoms with Crippen molar-refractivity contribution in [3.05, 3.63) is 29.3 Å². The molecule has 0 spiro atoms. The second-order valence-electron chi connectivity index (χ2n) is 4.31. The second kappa shape index (κ2) is 6.74. The molecule has 1 aromatic rings. The minimum Gasteiger partial charge on any atom is -0.772 e. The average molecular weight is 256 g/mol. The minimum absolute atomic E-state index is 0.184. The average Bonchev–Trinajstić information content (AvgIpc) is 2.21. The molecule has 0 saturated heterocycles. The van der Waals surface area contributed by atoms with E-state index < -0.39 is 11.1 Å². The second-order valence-corrected chi connectivity index (χ2v) is 5.33. The molecule has 1 rings (SSSR count). The molecule has 4 nitrogen and oxygen atoms in total. The summed E-state index contributed by atoms with van der Waals surface area (Å²) in [5.74, 6) is 0.471. The summed E-state index contributed by atoms with van der Waals surface area (Å²) in [4.78, 5) is 1.98. The van der Waals surface area contributed by atoms with Gasteiger partial charge in [0.2, 0.25) is 0 Å². The molecule has 0 bridgehead atoms. The van der Waals surface area contributed by atoms with Crippen molar-refractivity contribution in [3.63, 3.8) is 0 Å². The smallest absolute Gasteiger partial charge is 0.120 e. The normalized spacial score (nSPS) is 12.9. The van der Waals surface area contributed by atoms with Crippen LogP contribution in [-0.4, -0.2) is 38.6 Å². The van der Waals surface area contributed by atoms with Gasteiger partial charge in [0, 0.05) is 17.9 Å². The van der Waals surface area contributed by atoms with Gasteiger partial charge in [-0.15, -0.1) is 0 Å². The molecule has 17 heavy (non-hydrogen) atoms. The fourth-order valence-corrected chi connectivity index (χ4v) is 2.04. The van der Waals surface area contributed by atoms with Crippen LogP contribution in [-0.2, 0) is 24.0 Å². The molecule has 0 aliphatic heterocycles. The third kappa shape index (κ3) is 5.30. The lowest BCUT2D eigenvalue weighted by molar-refractivity contribution is 0.385. The molecule has 0 amide bonds. The van der Waals surface area contributed by atoms with Crippen molar-refractivity contribution in [1.82, 2.24) is 4.90 Å². The Bertz CT molecular complexity index is 393. The fraction of sp³-hybridized carbons (Fsp3) is 0.500. The van der Waals surface area contributed by atoms with E-state index in [0.717, 1.165) is 11.1 Å². The van der Waals surface area contributed by atoms with Crippen LogP contribution in [0.3, 0.4) is 0 Å². The molecule has 0 radical (unpaired) electrons. The highest BCUT2D eigenvalue weighted by Crippen LogP contribution is 2.20. The lowest BCUT2D eigenvalue weighted by Gasteiger charge is -2.13. The first kappa shape index (κ1) is 14.2. The summed E-state index contributed by atoms with van der Waals surface area (Å²) < 4.78 is 20.8. The Balaban J connectivity index is 2.64. The third-order valence-corrected chi connectivity index (χ3v) is 3.03. The van der Waals surface area contributed by atoms with Gasteiger partial charge in [-0.1, -0.05) is 23.2 Å². The highest BCUT2D eigenvalue weighted by molar-refractivity contribution is 7.79. The molecule has 0 aromatic heterocycles. The summed E-state index contributed by atoms with van der Waals surface area (Å²) in [7, 11) is 3.87. The Labute approximate surface area is 105 Å². The van der Waals surface area contributed by atoms with Crippen molar-refractivity contribution in [2.75, 3.05) is 19.8 Å². The summed E-state index contributed by atoms with van der Waals surface area (Å²) in [5.41, 5.74) is 1.93. The van der Waals surface area contributed by atoms with E-state index in [4.69, 9.17) is 0 Å². The Kier molecular flexibility index (Phi) is 5.61. The number of aryl methyl sites for hydroxylation is 1. The molecule has 1 N–H and O–H groups in total. The van der Waals surface area contributed by atoms with Crippen LogP contribution < -0.4 is 0 Å². The van der Waals surface area contributed by atoms with Gasteiger partial charge in [-0.3, -0.25) is 4.21 Å². The van der Waals surface area contributed by atoms with Crippen LogP contribution in [0.15, 0.2) is 18.2 Å². The number of phenols is 1. The highest BCUT2D eigenvalue weighted by Gasteiger charge is 2.04. The van der Waals surface area contributed by atoms with Gasteiger partial charge in [0.25, 0.3) is 0 Å². The number of aromatic hydroxyl groups is 1. The standard InChI is InChI=1S/C12H19NO3S/c1-13(2)9-11-8-10(5-6-12(11)14)4-3-7-17(15)16/h5-6,8,14H,3-4,7,9H2,1-2H3,(H,15,16)/p-1. The van der Waals surface area contributed by atoms with Crippen LogP contribution in [0.4, 0.5) is 0 Å². The number of phenolic OH excluding ortho intramolecular Hbond substituents is 1. The van der Waals surface area contributed by atoms with E-state index in [9.17, 15) is 13.9 Å². The summed E-state index contributed by atoms with van der Waals surface area (Å²) in [6, 6.07) is 5.44. The predicted octanol–water partition coefficient (Wildman–Crippen LogP) is 1.27. The topological polar surface area (TPSA) is 63.6 Å². The zero-order chi connectivity index (χ0) is 12.8. The SMILES string of the molecule is CN(C)Cc1cc(CCCS(=O)[O-])ccc1O. The van der Waals surface area contributed by atoms with E-state index in [1.807, 2.05) is 31.1 Å².